The summed E-state index contributed by atoms with van der Waals surface area (Å²) in [6, 6.07) is 20.5. The van der Waals surface area contributed by atoms with Gasteiger partial charge >= 0.3 is 0 Å². The first-order chi connectivity index (χ1) is 16.7. The van der Waals surface area contributed by atoms with E-state index in [-0.39, 0.29) is 17.5 Å². The highest BCUT2D eigenvalue weighted by Gasteiger charge is 2.22. The van der Waals surface area contributed by atoms with E-state index in [0.29, 0.717) is 24.6 Å². The predicted octanol–water partition coefficient (Wildman–Crippen LogP) is 3.37. The maximum atomic E-state index is 13.3. The van der Waals surface area contributed by atoms with Crippen LogP contribution in [0.3, 0.4) is 0 Å². The van der Waals surface area contributed by atoms with Gasteiger partial charge in [-0.1, -0.05) is 42.5 Å². The van der Waals surface area contributed by atoms with Crippen molar-refractivity contribution in [2.75, 3.05) is 11.4 Å². The fourth-order valence-corrected chi connectivity index (χ4v) is 3.84. The van der Waals surface area contributed by atoms with Crippen LogP contribution >= 0.6 is 0 Å². The zero-order chi connectivity index (χ0) is 23.3. The van der Waals surface area contributed by atoms with Crippen LogP contribution in [0.1, 0.15) is 24.2 Å². The van der Waals surface area contributed by atoms with Crippen LogP contribution in [-0.2, 0) is 16.1 Å². The van der Waals surface area contributed by atoms with E-state index in [1.807, 2.05) is 54.6 Å². The van der Waals surface area contributed by atoms with Gasteiger partial charge in [0.1, 0.15) is 11.5 Å². The predicted molar refractivity (Wildman–Crippen MR) is 126 cm³/mol. The first-order valence-corrected chi connectivity index (χ1v) is 11.0. The monoisotopic (exact) mass is 454 g/mol. The number of carbonyl (C=O) groups is 2. The minimum Gasteiger partial charge on any atom is -0.465 e. The molecule has 5 rings (SSSR count). The summed E-state index contributed by atoms with van der Waals surface area (Å²) in [6.45, 7) is 1.04. The average molecular weight is 454 g/mol. The number of hydrogen-bond acceptors (Lipinski definition) is 6. The summed E-state index contributed by atoms with van der Waals surface area (Å²) in [5.74, 6) is 0.719. The van der Waals surface area contributed by atoms with Gasteiger partial charge in [-0.3, -0.25) is 9.59 Å². The molecular weight excluding hydrogens is 432 g/mol. The van der Waals surface area contributed by atoms with Crippen LogP contribution in [0.4, 0.5) is 5.69 Å². The Labute approximate surface area is 195 Å². The second kappa shape index (κ2) is 9.53. The van der Waals surface area contributed by atoms with Gasteiger partial charge in [-0.25, -0.2) is 0 Å². The second-order valence-electron chi connectivity index (χ2n) is 7.82. The molecule has 1 aliphatic rings. The molecular formula is C25H22N6O3. The van der Waals surface area contributed by atoms with Crippen molar-refractivity contribution in [1.29, 1.82) is 0 Å². The van der Waals surface area contributed by atoms with Crippen LogP contribution in [0.25, 0.3) is 23.2 Å². The first-order valence-electron chi connectivity index (χ1n) is 11.0. The van der Waals surface area contributed by atoms with Crippen molar-refractivity contribution >= 4 is 29.3 Å². The maximum absolute atomic E-state index is 13.3. The third-order valence-corrected chi connectivity index (χ3v) is 5.56. The molecule has 0 bridgehead atoms. The number of tetrazole rings is 1. The van der Waals surface area contributed by atoms with Crippen molar-refractivity contribution < 1.29 is 14.0 Å². The van der Waals surface area contributed by atoms with Crippen molar-refractivity contribution in [3.63, 3.8) is 0 Å². The van der Waals surface area contributed by atoms with E-state index >= 15 is 0 Å². The lowest BCUT2D eigenvalue weighted by molar-refractivity contribution is -0.117. The van der Waals surface area contributed by atoms with Crippen molar-refractivity contribution in [3.05, 3.63) is 84.3 Å². The summed E-state index contributed by atoms with van der Waals surface area (Å²) in [5, 5.41) is 14.9. The van der Waals surface area contributed by atoms with Crippen molar-refractivity contribution in [1.82, 2.24) is 25.5 Å². The lowest BCUT2D eigenvalue weighted by Gasteiger charge is -2.16. The topological polar surface area (TPSA) is 106 Å². The van der Waals surface area contributed by atoms with E-state index in [9.17, 15) is 9.59 Å². The highest BCUT2D eigenvalue weighted by Crippen LogP contribution is 2.23. The largest absolute Gasteiger partial charge is 0.465 e. The van der Waals surface area contributed by atoms with Crippen LogP contribution in [0.2, 0.25) is 0 Å². The number of amides is 2. The summed E-state index contributed by atoms with van der Waals surface area (Å²) in [4.78, 5) is 27.0. The zero-order valence-electron chi connectivity index (χ0n) is 18.3. The van der Waals surface area contributed by atoms with Gasteiger partial charge in [-0.2, -0.15) is 4.68 Å². The third-order valence-electron chi connectivity index (χ3n) is 5.56. The first kappa shape index (κ1) is 21.3. The molecule has 1 aliphatic heterocycles. The lowest BCUT2D eigenvalue weighted by Crippen LogP contribution is -2.27. The number of carbonyl (C=O) groups excluding carboxylic acids is 2. The van der Waals surface area contributed by atoms with Gasteiger partial charge in [-0.15, -0.1) is 5.10 Å². The highest BCUT2D eigenvalue weighted by atomic mass is 16.3. The number of nitrogens with zero attached hydrogens (tertiary/aromatic N) is 5. The highest BCUT2D eigenvalue weighted by molar-refractivity contribution is 6.18. The Balaban J connectivity index is 1.37. The molecule has 2 aromatic heterocycles. The summed E-state index contributed by atoms with van der Waals surface area (Å²) in [6.07, 6.45) is 4.60. The average Bonchev–Trinajstić information content (AvgIpc) is 3.64. The maximum Gasteiger partial charge on any atom is 0.270 e. The van der Waals surface area contributed by atoms with Gasteiger partial charge < -0.3 is 14.6 Å². The molecule has 9 nitrogen and oxygen atoms in total. The number of nitrogens with one attached hydrogen (secondary N) is 1. The SMILES string of the molecule is O=C(NCc1ccc(N2CCCC2=O)cc1)/C(=C/c1ccco1)n1nnnc1-c1ccccc1. The van der Waals surface area contributed by atoms with Gasteiger partial charge in [0.2, 0.25) is 5.91 Å². The quantitative estimate of drug-likeness (QED) is 0.429. The molecule has 34 heavy (non-hydrogen) atoms. The van der Waals surface area contributed by atoms with E-state index in [2.05, 4.69) is 20.8 Å². The fraction of sp³-hybridized carbons (Fsp3) is 0.160. The Morgan fingerprint density at radius 1 is 1.06 bits per heavy atom. The molecule has 0 atom stereocenters. The van der Waals surface area contributed by atoms with Crippen molar-refractivity contribution in [2.45, 2.75) is 19.4 Å². The number of hydrogen-bond donors (Lipinski definition) is 1. The molecule has 1 N–H and O–H groups in total. The molecule has 9 heteroatoms. The summed E-state index contributed by atoms with van der Waals surface area (Å²) in [7, 11) is 0. The van der Waals surface area contributed by atoms with E-state index < -0.39 is 0 Å². The van der Waals surface area contributed by atoms with Crippen LogP contribution in [0.15, 0.2) is 77.4 Å². The standard InChI is InChI=1S/C25H22N6O3/c32-23-9-4-14-30(23)20-12-10-18(11-13-20)17-26-25(33)22(16-21-8-5-15-34-21)31-24(27-28-29-31)19-6-2-1-3-7-19/h1-3,5-8,10-13,15-16H,4,9,14,17H2,(H,26,33)/b22-16-. The third kappa shape index (κ3) is 4.49. The molecule has 1 fully saturated rings. The van der Waals surface area contributed by atoms with Gasteiger partial charge in [0.25, 0.3) is 5.91 Å². The minimum atomic E-state index is -0.361. The van der Waals surface area contributed by atoms with E-state index in [1.165, 1.54) is 10.9 Å². The van der Waals surface area contributed by atoms with Gasteiger partial charge in [0.05, 0.1) is 6.26 Å². The molecule has 3 heterocycles. The Bertz CT molecular complexity index is 1310. The Kier molecular flexibility index (Phi) is 5.98. The molecule has 0 aliphatic carbocycles. The number of anilines is 1. The van der Waals surface area contributed by atoms with Gasteiger partial charge in [0.15, 0.2) is 5.82 Å². The van der Waals surface area contributed by atoms with Crippen LogP contribution in [-0.4, -0.2) is 38.6 Å². The summed E-state index contributed by atoms with van der Waals surface area (Å²) >= 11 is 0. The Hall–Kier alpha value is -4.53. The minimum absolute atomic E-state index is 0.143. The Morgan fingerprint density at radius 3 is 2.59 bits per heavy atom. The number of aromatic nitrogens is 4. The molecule has 0 unspecified atom stereocenters. The molecule has 0 spiro atoms. The normalized spacial score (nSPS) is 13.9. The number of benzene rings is 2. The molecule has 2 amide bonds. The smallest absolute Gasteiger partial charge is 0.270 e. The fourth-order valence-electron chi connectivity index (χ4n) is 3.84. The number of rotatable bonds is 7. The lowest BCUT2D eigenvalue weighted by atomic mass is 10.2. The molecule has 170 valence electrons. The Morgan fingerprint density at radius 2 is 1.88 bits per heavy atom. The van der Waals surface area contributed by atoms with Gasteiger partial charge in [0, 0.05) is 36.8 Å². The zero-order valence-corrected chi connectivity index (χ0v) is 18.3. The molecule has 0 radical (unpaired) electrons. The van der Waals surface area contributed by atoms with Crippen LogP contribution < -0.4 is 10.2 Å². The summed E-state index contributed by atoms with van der Waals surface area (Å²) < 4.78 is 6.82. The van der Waals surface area contributed by atoms with Gasteiger partial charge in [-0.05, 0) is 46.7 Å². The molecule has 2 aromatic carbocycles. The van der Waals surface area contributed by atoms with E-state index in [1.54, 1.807) is 23.1 Å². The van der Waals surface area contributed by atoms with Crippen LogP contribution in [0, 0.1) is 0 Å². The summed E-state index contributed by atoms with van der Waals surface area (Å²) in [5.41, 5.74) is 2.77. The number of furan rings is 1. The molecule has 4 aromatic rings. The molecule has 0 saturated carbocycles. The van der Waals surface area contributed by atoms with Crippen LogP contribution in [0.5, 0.6) is 0 Å². The van der Waals surface area contributed by atoms with E-state index in [4.69, 9.17) is 4.42 Å². The van der Waals surface area contributed by atoms with Crippen molar-refractivity contribution in [3.8, 4) is 11.4 Å². The van der Waals surface area contributed by atoms with E-state index in [0.717, 1.165) is 29.8 Å². The second-order valence-corrected chi connectivity index (χ2v) is 7.82. The van der Waals surface area contributed by atoms with Crippen molar-refractivity contribution in [2.24, 2.45) is 0 Å². The molecule has 1 saturated heterocycles.